The van der Waals surface area contributed by atoms with Crippen LogP contribution in [0.15, 0.2) is 48.5 Å². The maximum atomic E-state index is 13.0. The van der Waals surface area contributed by atoms with Gasteiger partial charge in [-0.2, -0.15) is 8.75 Å². The van der Waals surface area contributed by atoms with Crippen LogP contribution in [0.2, 0.25) is 0 Å². The summed E-state index contributed by atoms with van der Waals surface area (Å²) in [6.45, 7) is 5.98. The molecule has 0 spiro atoms. The molecule has 4 rings (SSSR count). The number of ether oxygens (including phenoxy) is 1. The maximum Gasteiger partial charge on any atom is 0.253 e. The molecular formula is C22H23FN4O2S. The molecule has 0 saturated carbocycles. The Bertz CT molecular complexity index is 983. The summed E-state index contributed by atoms with van der Waals surface area (Å²) >= 11 is 1.18. The lowest BCUT2D eigenvalue weighted by atomic mass is 10.1. The van der Waals surface area contributed by atoms with E-state index in [9.17, 15) is 9.18 Å². The number of carbonyl (C=O) groups excluding carboxylic acids is 1. The highest BCUT2D eigenvalue weighted by molar-refractivity contribution is 6.99. The first-order chi connectivity index (χ1) is 14.6. The second-order valence-electron chi connectivity index (χ2n) is 7.30. The third-order valence-electron chi connectivity index (χ3n) is 5.20. The first-order valence-electron chi connectivity index (χ1n) is 9.85. The first-order valence-corrected chi connectivity index (χ1v) is 10.6. The zero-order valence-electron chi connectivity index (χ0n) is 16.8. The molecule has 1 amide bonds. The molecule has 8 heteroatoms. The van der Waals surface area contributed by atoms with Gasteiger partial charge < -0.3 is 9.64 Å². The van der Waals surface area contributed by atoms with Gasteiger partial charge in [0.05, 0.1) is 17.4 Å². The lowest BCUT2D eigenvalue weighted by Crippen LogP contribution is -2.48. The van der Waals surface area contributed by atoms with Gasteiger partial charge in [-0.15, -0.1) is 0 Å². The minimum atomic E-state index is -0.221. The van der Waals surface area contributed by atoms with Gasteiger partial charge in [0.15, 0.2) is 0 Å². The number of piperazine rings is 1. The monoisotopic (exact) mass is 426 g/mol. The van der Waals surface area contributed by atoms with E-state index in [1.165, 1.54) is 23.9 Å². The zero-order chi connectivity index (χ0) is 20.9. The Morgan fingerprint density at radius 3 is 2.37 bits per heavy atom. The van der Waals surface area contributed by atoms with Crippen molar-refractivity contribution in [2.75, 3.05) is 26.2 Å². The van der Waals surface area contributed by atoms with Crippen LogP contribution in [-0.2, 0) is 13.2 Å². The van der Waals surface area contributed by atoms with Gasteiger partial charge in [-0.05, 0) is 48.9 Å². The van der Waals surface area contributed by atoms with Gasteiger partial charge in [-0.3, -0.25) is 9.69 Å². The third kappa shape index (κ3) is 5.01. The molecule has 3 aromatic rings. The summed E-state index contributed by atoms with van der Waals surface area (Å²) in [6.07, 6.45) is 0. The SMILES string of the molecule is Cc1nsnc1COc1ccc(C(=O)N2CCN(Cc3ccc(F)cc3)CC2)cc1. The fourth-order valence-electron chi connectivity index (χ4n) is 3.37. The standard InChI is InChI=1S/C22H23FN4O2S/c1-16-21(25-30-24-16)15-29-20-8-4-18(5-9-20)22(28)27-12-10-26(11-13-27)14-17-2-6-19(23)7-3-17/h2-9H,10-15H2,1H3. The highest BCUT2D eigenvalue weighted by atomic mass is 32.1. The minimum absolute atomic E-state index is 0.0301. The van der Waals surface area contributed by atoms with Crippen molar-refractivity contribution < 1.29 is 13.9 Å². The second-order valence-corrected chi connectivity index (χ2v) is 7.83. The van der Waals surface area contributed by atoms with E-state index in [2.05, 4.69) is 13.6 Å². The normalized spacial score (nSPS) is 14.7. The average molecular weight is 427 g/mol. The summed E-state index contributed by atoms with van der Waals surface area (Å²) in [4.78, 5) is 17.0. The van der Waals surface area contributed by atoms with Crippen molar-refractivity contribution in [2.45, 2.75) is 20.1 Å². The van der Waals surface area contributed by atoms with Crippen molar-refractivity contribution in [1.82, 2.24) is 18.5 Å². The molecule has 6 nitrogen and oxygen atoms in total. The number of hydrogen-bond donors (Lipinski definition) is 0. The molecule has 0 atom stereocenters. The summed E-state index contributed by atoms with van der Waals surface area (Å²) in [5.41, 5.74) is 3.44. The molecule has 1 aliphatic heterocycles. The van der Waals surface area contributed by atoms with E-state index in [1.54, 1.807) is 12.1 Å². The Labute approximate surface area is 179 Å². The van der Waals surface area contributed by atoms with Crippen LogP contribution in [-0.4, -0.2) is 50.6 Å². The highest BCUT2D eigenvalue weighted by Crippen LogP contribution is 2.17. The first kappa shape index (κ1) is 20.4. The average Bonchev–Trinajstić information content (AvgIpc) is 3.19. The Morgan fingerprint density at radius 1 is 1.03 bits per heavy atom. The molecule has 1 saturated heterocycles. The smallest absolute Gasteiger partial charge is 0.253 e. The van der Waals surface area contributed by atoms with Gasteiger partial charge >= 0.3 is 0 Å². The Kier molecular flexibility index (Phi) is 6.35. The molecule has 0 aliphatic carbocycles. The van der Waals surface area contributed by atoms with Crippen LogP contribution in [0.3, 0.4) is 0 Å². The van der Waals surface area contributed by atoms with Crippen LogP contribution >= 0.6 is 11.7 Å². The quantitative estimate of drug-likeness (QED) is 0.604. The molecule has 0 N–H and O–H groups in total. The predicted molar refractivity (Wildman–Crippen MR) is 113 cm³/mol. The van der Waals surface area contributed by atoms with Crippen LogP contribution in [0, 0.1) is 12.7 Å². The minimum Gasteiger partial charge on any atom is -0.487 e. The molecule has 1 fully saturated rings. The van der Waals surface area contributed by atoms with Crippen molar-refractivity contribution in [3.05, 3.63) is 76.9 Å². The number of nitrogens with zero attached hydrogens (tertiary/aromatic N) is 4. The Hall–Kier alpha value is -2.84. The molecular weight excluding hydrogens is 403 g/mol. The molecule has 0 radical (unpaired) electrons. The van der Waals surface area contributed by atoms with Crippen LogP contribution in [0.1, 0.15) is 27.3 Å². The summed E-state index contributed by atoms with van der Waals surface area (Å²) in [7, 11) is 0. The van der Waals surface area contributed by atoms with E-state index in [0.29, 0.717) is 31.0 Å². The maximum absolute atomic E-state index is 13.0. The van der Waals surface area contributed by atoms with E-state index >= 15 is 0 Å². The van der Waals surface area contributed by atoms with Crippen molar-refractivity contribution in [2.24, 2.45) is 0 Å². The number of carbonyl (C=O) groups is 1. The molecule has 156 valence electrons. The van der Waals surface area contributed by atoms with Crippen molar-refractivity contribution >= 4 is 17.6 Å². The fraction of sp³-hybridized carbons (Fsp3) is 0.318. The summed E-state index contributed by atoms with van der Waals surface area (Å²) < 4.78 is 27.1. The van der Waals surface area contributed by atoms with E-state index < -0.39 is 0 Å². The number of amides is 1. The van der Waals surface area contributed by atoms with Gasteiger partial charge in [0.1, 0.15) is 23.9 Å². The van der Waals surface area contributed by atoms with E-state index in [4.69, 9.17) is 4.74 Å². The third-order valence-corrected chi connectivity index (χ3v) is 5.86. The summed E-state index contributed by atoms with van der Waals surface area (Å²) in [5.74, 6) is 0.506. The lowest BCUT2D eigenvalue weighted by molar-refractivity contribution is 0.0628. The topological polar surface area (TPSA) is 58.6 Å². The Morgan fingerprint density at radius 2 is 1.73 bits per heavy atom. The molecule has 2 aromatic carbocycles. The number of rotatable bonds is 6. The highest BCUT2D eigenvalue weighted by Gasteiger charge is 2.22. The van der Waals surface area contributed by atoms with Crippen LogP contribution < -0.4 is 4.74 Å². The van der Waals surface area contributed by atoms with Crippen molar-refractivity contribution in [1.29, 1.82) is 0 Å². The zero-order valence-corrected chi connectivity index (χ0v) is 17.6. The molecule has 0 unspecified atom stereocenters. The van der Waals surface area contributed by atoms with Crippen LogP contribution in [0.4, 0.5) is 4.39 Å². The van der Waals surface area contributed by atoms with Crippen LogP contribution in [0.5, 0.6) is 5.75 Å². The number of halogens is 1. The van der Waals surface area contributed by atoms with Gasteiger partial charge in [0.2, 0.25) is 0 Å². The van der Waals surface area contributed by atoms with E-state index in [0.717, 1.165) is 36.6 Å². The number of hydrogen-bond acceptors (Lipinski definition) is 6. The van der Waals surface area contributed by atoms with E-state index in [-0.39, 0.29) is 11.7 Å². The molecule has 30 heavy (non-hydrogen) atoms. The lowest BCUT2D eigenvalue weighted by Gasteiger charge is -2.34. The van der Waals surface area contributed by atoms with Gasteiger partial charge in [0, 0.05) is 38.3 Å². The molecule has 1 aromatic heterocycles. The number of benzene rings is 2. The van der Waals surface area contributed by atoms with E-state index in [1.807, 2.05) is 36.1 Å². The largest absolute Gasteiger partial charge is 0.487 e. The van der Waals surface area contributed by atoms with Gasteiger partial charge in [0.25, 0.3) is 5.91 Å². The summed E-state index contributed by atoms with van der Waals surface area (Å²) in [6, 6.07) is 13.8. The predicted octanol–water partition coefficient (Wildman–Crippen LogP) is 3.52. The van der Waals surface area contributed by atoms with Crippen molar-refractivity contribution in [3.63, 3.8) is 0 Å². The van der Waals surface area contributed by atoms with Gasteiger partial charge in [-0.25, -0.2) is 4.39 Å². The number of aromatic nitrogens is 2. The molecule has 2 heterocycles. The fourth-order valence-corrected chi connectivity index (χ4v) is 3.92. The second kappa shape index (κ2) is 9.32. The van der Waals surface area contributed by atoms with Gasteiger partial charge in [-0.1, -0.05) is 12.1 Å². The number of aryl methyl sites for hydroxylation is 1. The van der Waals surface area contributed by atoms with Crippen LogP contribution in [0.25, 0.3) is 0 Å². The summed E-state index contributed by atoms with van der Waals surface area (Å²) in [5, 5.41) is 0. The Balaban J connectivity index is 1.27. The molecule has 0 bridgehead atoms. The molecule has 1 aliphatic rings. The van der Waals surface area contributed by atoms with Crippen molar-refractivity contribution in [3.8, 4) is 5.75 Å².